The second-order valence-corrected chi connectivity index (χ2v) is 10.3. The molecule has 1 fully saturated rings. The molecule has 1 saturated carbocycles. The van der Waals surface area contributed by atoms with Crippen molar-refractivity contribution in [2.75, 3.05) is 11.9 Å². The van der Waals surface area contributed by atoms with Gasteiger partial charge in [0.25, 0.3) is 0 Å². The second kappa shape index (κ2) is 9.21. The van der Waals surface area contributed by atoms with E-state index >= 15 is 0 Å². The summed E-state index contributed by atoms with van der Waals surface area (Å²) in [6, 6.07) is 3.53. The van der Waals surface area contributed by atoms with Crippen LogP contribution in [0.4, 0.5) is 9.52 Å². The third-order valence-corrected chi connectivity index (χ3v) is 7.22. The number of nitrogens with one attached hydrogen (secondary N) is 2. The van der Waals surface area contributed by atoms with Crippen LogP contribution >= 0.6 is 11.3 Å². The summed E-state index contributed by atoms with van der Waals surface area (Å²) in [4.78, 5) is 8.53. The Morgan fingerprint density at radius 3 is 2.67 bits per heavy atom. The van der Waals surface area contributed by atoms with E-state index in [2.05, 4.69) is 20.0 Å². The monoisotopic (exact) mass is 411 g/mol. The lowest BCUT2D eigenvalue weighted by atomic mass is 9.86. The summed E-state index contributed by atoms with van der Waals surface area (Å²) in [6.45, 7) is 6.61. The van der Waals surface area contributed by atoms with Crippen LogP contribution in [0.1, 0.15) is 45.2 Å². The number of hydrogen-bond acceptors (Lipinski definition) is 5. The third kappa shape index (κ3) is 5.56. The fourth-order valence-electron chi connectivity index (χ4n) is 3.35. The topological polar surface area (TPSA) is 66.9 Å². The van der Waals surface area contributed by atoms with Crippen LogP contribution in [0, 0.1) is 18.8 Å². The first kappa shape index (κ1) is 20.4. The lowest BCUT2D eigenvalue weighted by molar-refractivity contribution is 0.338. The Morgan fingerprint density at radius 2 is 2.00 bits per heavy atom. The van der Waals surface area contributed by atoms with E-state index in [9.17, 15) is 8.60 Å². The van der Waals surface area contributed by atoms with E-state index in [1.807, 2.05) is 19.2 Å². The summed E-state index contributed by atoms with van der Waals surface area (Å²) >= 11 is 1.57. The maximum absolute atomic E-state index is 13.2. The number of aromatic nitrogens is 2. The minimum absolute atomic E-state index is 0.192. The fourth-order valence-corrected chi connectivity index (χ4v) is 4.94. The Balaban J connectivity index is 1.50. The smallest absolute Gasteiger partial charge is 0.213 e. The van der Waals surface area contributed by atoms with E-state index in [1.165, 1.54) is 6.07 Å². The maximum Gasteiger partial charge on any atom is 0.213 e. The number of pyridine rings is 1. The number of hydrogen-bond donors (Lipinski definition) is 2. The van der Waals surface area contributed by atoms with Crippen molar-refractivity contribution in [3.8, 4) is 11.3 Å². The molecule has 1 unspecified atom stereocenters. The molecule has 148 valence electrons. The lowest BCUT2D eigenvalue weighted by Crippen LogP contribution is -2.33. The van der Waals surface area contributed by atoms with Crippen LogP contribution < -0.4 is 10.0 Å². The highest BCUT2D eigenvalue weighted by atomic mass is 32.2. The van der Waals surface area contributed by atoms with Crippen LogP contribution in [0.15, 0.2) is 17.5 Å². The van der Waals surface area contributed by atoms with Crippen molar-refractivity contribution < 1.29 is 8.60 Å². The zero-order chi connectivity index (χ0) is 19.4. The summed E-state index contributed by atoms with van der Waals surface area (Å²) in [5.41, 5.74) is 2.36. The Morgan fingerprint density at radius 1 is 1.26 bits per heavy atom. The van der Waals surface area contributed by atoms with Gasteiger partial charge in [0.05, 0.1) is 5.69 Å². The largest absolute Gasteiger partial charge is 0.359 e. The molecule has 2 N–H and O–H groups in total. The Kier molecular flexibility index (Phi) is 6.94. The molecule has 5 nitrogen and oxygen atoms in total. The zero-order valence-electron chi connectivity index (χ0n) is 16.0. The van der Waals surface area contributed by atoms with E-state index in [4.69, 9.17) is 0 Å². The summed E-state index contributed by atoms with van der Waals surface area (Å²) in [5.74, 6) is 0.134. The summed E-state index contributed by atoms with van der Waals surface area (Å²) in [7, 11) is -1.29. The summed E-state index contributed by atoms with van der Waals surface area (Å²) < 4.78 is 28.2. The van der Waals surface area contributed by atoms with Gasteiger partial charge in [-0.25, -0.2) is 9.97 Å². The van der Waals surface area contributed by atoms with Crippen LogP contribution in [-0.4, -0.2) is 27.8 Å². The van der Waals surface area contributed by atoms with Crippen molar-refractivity contribution in [1.82, 2.24) is 14.7 Å². The van der Waals surface area contributed by atoms with Crippen molar-refractivity contribution in [1.29, 1.82) is 0 Å². The predicted molar refractivity (Wildman–Crippen MR) is 112 cm³/mol. The molecule has 27 heavy (non-hydrogen) atoms. The Hall–Kier alpha value is -1.38. The van der Waals surface area contributed by atoms with Crippen LogP contribution in [0.25, 0.3) is 11.3 Å². The molecule has 0 radical (unpaired) electrons. The maximum atomic E-state index is 13.2. The molecule has 0 saturated heterocycles. The first-order chi connectivity index (χ1) is 12.9. The molecule has 0 amide bonds. The molecule has 1 atom stereocenters. The molecule has 0 spiro atoms. The van der Waals surface area contributed by atoms with Crippen LogP contribution in [0.2, 0.25) is 0 Å². The molecule has 0 bridgehead atoms. The van der Waals surface area contributed by atoms with Gasteiger partial charge in [0.2, 0.25) is 5.95 Å². The number of thiazole rings is 1. The number of rotatable bonds is 7. The van der Waals surface area contributed by atoms with Crippen molar-refractivity contribution >= 4 is 27.5 Å². The highest BCUT2D eigenvalue weighted by Gasteiger charge is 2.23. The van der Waals surface area contributed by atoms with E-state index in [0.29, 0.717) is 17.7 Å². The molecule has 2 aromatic heterocycles. The highest BCUT2D eigenvalue weighted by molar-refractivity contribution is 7.83. The van der Waals surface area contributed by atoms with Gasteiger partial charge in [-0.3, -0.25) is 0 Å². The average Bonchev–Trinajstić information content (AvgIpc) is 3.09. The van der Waals surface area contributed by atoms with Gasteiger partial charge in [-0.15, -0.1) is 16.1 Å². The molecule has 1 aliphatic carbocycles. The van der Waals surface area contributed by atoms with E-state index in [1.54, 1.807) is 24.3 Å². The van der Waals surface area contributed by atoms with E-state index in [0.717, 1.165) is 48.6 Å². The number of anilines is 1. The quantitative estimate of drug-likeness (QED) is 0.406. The van der Waals surface area contributed by atoms with Crippen LogP contribution in [0.5, 0.6) is 0 Å². The summed E-state index contributed by atoms with van der Waals surface area (Å²) in [6.07, 6.45) is 4.45. The van der Waals surface area contributed by atoms with Gasteiger partial charge in [-0.2, -0.15) is 4.39 Å². The minimum atomic E-state index is -1.29. The first-order valence-corrected chi connectivity index (χ1v) is 11.7. The van der Waals surface area contributed by atoms with Gasteiger partial charge in [0.15, 0.2) is 5.13 Å². The Bertz CT molecular complexity index is 788. The van der Waals surface area contributed by atoms with Crippen LogP contribution in [-0.2, 0) is 15.2 Å². The number of nitrogens with zero attached hydrogens (tertiary/aromatic N) is 2. The molecule has 1 aliphatic rings. The number of halogens is 1. The van der Waals surface area contributed by atoms with Gasteiger partial charge in [-0.05, 0) is 64.5 Å². The molecule has 2 aromatic rings. The second-order valence-electron chi connectivity index (χ2n) is 7.45. The SMILES string of the molecule is Cc1nc(F)ccc1-c1csc(NC2CCC(CN[SH+](=O)C(C)C)CC2)n1. The van der Waals surface area contributed by atoms with Crippen molar-refractivity contribution in [3.05, 3.63) is 29.2 Å². The van der Waals surface area contributed by atoms with Crippen molar-refractivity contribution in [2.24, 2.45) is 5.92 Å². The molecule has 0 aliphatic heterocycles. The molecule has 0 aromatic carbocycles. The summed E-state index contributed by atoms with van der Waals surface area (Å²) in [5, 5.41) is 6.62. The molecule has 8 heteroatoms. The van der Waals surface area contributed by atoms with Gasteiger partial charge in [0, 0.05) is 29.2 Å². The standard InChI is InChI=1S/C19H27FN4OS2/c1-12(2)27(25)21-10-14-4-6-15(7-5-14)23-19-24-17(11-26-19)16-8-9-18(20)22-13(16)3/h8-9,11-12,14-15H,4-7,10H2,1-3H3,(H,21,25)(H,23,24)/p+1. The minimum Gasteiger partial charge on any atom is -0.359 e. The highest BCUT2D eigenvalue weighted by Crippen LogP contribution is 2.30. The van der Waals surface area contributed by atoms with E-state index < -0.39 is 16.9 Å². The fraction of sp³-hybridized carbons (Fsp3) is 0.579. The van der Waals surface area contributed by atoms with Crippen molar-refractivity contribution in [3.63, 3.8) is 0 Å². The molecular weight excluding hydrogens is 383 g/mol. The zero-order valence-corrected chi connectivity index (χ0v) is 17.7. The predicted octanol–water partition coefficient (Wildman–Crippen LogP) is 4.23. The molecule has 3 rings (SSSR count). The third-order valence-electron chi connectivity index (χ3n) is 5.01. The van der Waals surface area contributed by atoms with E-state index in [-0.39, 0.29) is 5.25 Å². The van der Waals surface area contributed by atoms with Gasteiger partial charge < -0.3 is 5.32 Å². The molecular formula is C19H28FN4OS2+. The van der Waals surface area contributed by atoms with Gasteiger partial charge in [0.1, 0.15) is 16.2 Å². The molecule has 2 heterocycles. The average molecular weight is 412 g/mol. The first-order valence-electron chi connectivity index (χ1n) is 9.48. The van der Waals surface area contributed by atoms with Crippen molar-refractivity contribution in [2.45, 2.75) is 57.7 Å². The number of aryl methyl sites for hydroxylation is 1. The Labute approximate surface area is 166 Å². The lowest BCUT2D eigenvalue weighted by Gasteiger charge is -2.28. The van der Waals surface area contributed by atoms with Gasteiger partial charge >= 0.3 is 0 Å². The van der Waals surface area contributed by atoms with Crippen LogP contribution in [0.3, 0.4) is 0 Å². The van der Waals surface area contributed by atoms with Gasteiger partial charge in [-0.1, -0.05) is 4.21 Å². The normalized spacial score (nSPS) is 21.4. The number of thiol groups is 1.